The lowest BCUT2D eigenvalue weighted by Gasteiger charge is -2.25. The van der Waals surface area contributed by atoms with Crippen molar-refractivity contribution in [2.75, 3.05) is 0 Å². The van der Waals surface area contributed by atoms with Gasteiger partial charge in [0.15, 0.2) is 0 Å². The number of phenolic OH excluding ortho intramolecular Hbond substituents is 2. The Kier molecular flexibility index (Phi) is 5.71. The Labute approximate surface area is 155 Å². The second-order valence-corrected chi connectivity index (χ2v) is 7.05. The predicted octanol–water partition coefficient (Wildman–Crippen LogP) is 4.56. The van der Waals surface area contributed by atoms with Gasteiger partial charge in [0.1, 0.15) is 11.5 Å². The van der Waals surface area contributed by atoms with Gasteiger partial charge in [0.25, 0.3) is 0 Å². The fraction of sp³-hybridized carbons (Fsp3) is 0.364. The van der Waals surface area contributed by atoms with Gasteiger partial charge in [-0.05, 0) is 56.0 Å². The van der Waals surface area contributed by atoms with Crippen molar-refractivity contribution in [3.05, 3.63) is 58.7 Å². The number of aromatic hydroxyl groups is 2. The quantitative estimate of drug-likeness (QED) is 0.794. The molecule has 1 aliphatic carbocycles. The summed E-state index contributed by atoms with van der Waals surface area (Å²) in [4.78, 5) is 9.46. The first-order valence-electron chi connectivity index (χ1n) is 9.19. The molecule has 0 spiro atoms. The van der Waals surface area contributed by atoms with E-state index in [1.54, 1.807) is 24.6 Å². The minimum atomic E-state index is 0.103. The van der Waals surface area contributed by atoms with Crippen LogP contribution in [0.3, 0.4) is 0 Å². The van der Waals surface area contributed by atoms with E-state index in [0.717, 1.165) is 47.9 Å². The summed E-state index contributed by atoms with van der Waals surface area (Å²) in [7, 11) is 0. The van der Waals surface area contributed by atoms with Gasteiger partial charge < -0.3 is 10.2 Å². The van der Waals surface area contributed by atoms with Crippen molar-refractivity contribution in [2.45, 2.75) is 51.6 Å². The Balaban J connectivity index is 1.78. The van der Waals surface area contributed by atoms with Gasteiger partial charge in [-0.1, -0.05) is 31.0 Å². The van der Waals surface area contributed by atoms with Crippen LogP contribution in [0.5, 0.6) is 11.5 Å². The van der Waals surface area contributed by atoms with Gasteiger partial charge in [-0.2, -0.15) is 0 Å². The van der Waals surface area contributed by atoms with E-state index in [9.17, 15) is 10.2 Å². The summed E-state index contributed by atoms with van der Waals surface area (Å²) in [6.45, 7) is 3.92. The fourth-order valence-corrected chi connectivity index (χ4v) is 3.48. The van der Waals surface area contributed by atoms with Gasteiger partial charge >= 0.3 is 0 Å². The Bertz CT molecular complexity index is 827. The first-order valence-corrected chi connectivity index (χ1v) is 9.19. The SMILES string of the molecule is Cc1cc(C)c(O)c(C=NC2CCCCC2N=Cc2ccccc2O)c1. The molecule has 3 rings (SSSR count). The molecule has 0 heterocycles. The lowest BCUT2D eigenvalue weighted by molar-refractivity contribution is 0.390. The van der Waals surface area contributed by atoms with Gasteiger partial charge in [-0.3, -0.25) is 9.98 Å². The van der Waals surface area contributed by atoms with E-state index in [-0.39, 0.29) is 17.8 Å². The summed E-state index contributed by atoms with van der Waals surface area (Å²) < 4.78 is 0. The van der Waals surface area contributed by atoms with Crippen LogP contribution in [0.1, 0.15) is 47.9 Å². The number of hydrogen-bond donors (Lipinski definition) is 2. The van der Waals surface area contributed by atoms with E-state index in [1.807, 2.05) is 38.1 Å². The average Bonchev–Trinajstić information content (AvgIpc) is 2.63. The first kappa shape index (κ1) is 18.2. The number of para-hydroxylation sites is 1. The highest BCUT2D eigenvalue weighted by atomic mass is 16.3. The van der Waals surface area contributed by atoms with Crippen LogP contribution in [-0.2, 0) is 0 Å². The van der Waals surface area contributed by atoms with E-state index >= 15 is 0 Å². The van der Waals surface area contributed by atoms with E-state index in [0.29, 0.717) is 5.75 Å². The molecule has 1 aliphatic rings. The zero-order chi connectivity index (χ0) is 18.5. The monoisotopic (exact) mass is 350 g/mol. The third-order valence-electron chi connectivity index (χ3n) is 4.92. The minimum absolute atomic E-state index is 0.103. The van der Waals surface area contributed by atoms with Crippen LogP contribution in [0.2, 0.25) is 0 Å². The average molecular weight is 350 g/mol. The van der Waals surface area contributed by atoms with Gasteiger partial charge in [-0.25, -0.2) is 0 Å². The molecule has 26 heavy (non-hydrogen) atoms. The van der Waals surface area contributed by atoms with E-state index in [4.69, 9.17) is 9.98 Å². The molecule has 2 aromatic rings. The summed E-state index contributed by atoms with van der Waals surface area (Å²) in [5.74, 6) is 0.539. The molecule has 4 heteroatoms. The molecule has 0 amide bonds. The highest BCUT2D eigenvalue weighted by Gasteiger charge is 2.23. The molecule has 0 bridgehead atoms. The first-order chi connectivity index (χ1) is 12.5. The molecule has 0 aromatic heterocycles. The lowest BCUT2D eigenvalue weighted by atomic mass is 9.91. The third kappa shape index (κ3) is 4.31. The zero-order valence-electron chi connectivity index (χ0n) is 15.4. The number of phenols is 2. The Morgan fingerprint density at radius 2 is 1.50 bits per heavy atom. The molecular formula is C22H26N2O2. The van der Waals surface area contributed by atoms with Crippen molar-refractivity contribution < 1.29 is 10.2 Å². The van der Waals surface area contributed by atoms with Crippen molar-refractivity contribution in [3.8, 4) is 11.5 Å². The molecule has 2 atom stereocenters. The van der Waals surface area contributed by atoms with Crippen LogP contribution < -0.4 is 0 Å². The fourth-order valence-electron chi connectivity index (χ4n) is 3.48. The van der Waals surface area contributed by atoms with Gasteiger partial charge in [0.05, 0.1) is 12.1 Å². The summed E-state index contributed by atoms with van der Waals surface area (Å²) in [6, 6.07) is 11.3. The van der Waals surface area contributed by atoms with E-state index in [1.165, 1.54) is 0 Å². The standard InChI is InChI=1S/C22H26N2O2/c1-15-11-16(2)22(26)18(12-15)14-24-20-9-5-4-8-19(20)23-13-17-7-3-6-10-21(17)25/h3,6-7,10-14,19-20,25-26H,4-5,8-9H2,1-2H3. The van der Waals surface area contributed by atoms with Crippen LogP contribution in [0, 0.1) is 13.8 Å². The number of benzene rings is 2. The minimum Gasteiger partial charge on any atom is -0.507 e. The number of hydrogen-bond acceptors (Lipinski definition) is 4. The molecule has 0 aliphatic heterocycles. The molecule has 1 fully saturated rings. The van der Waals surface area contributed by atoms with Crippen LogP contribution in [0.25, 0.3) is 0 Å². The van der Waals surface area contributed by atoms with Crippen molar-refractivity contribution in [2.24, 2.45) is 9.98 Å². The van der Waals surface area contributed by atoms with Gasteiger partial charge in [0.2, 0.25) is 0 Å². The van der Waals surface area contributed by atoms with Gasteiger partial charge in [0, 0.05) is 23.6 Å². The van der Waals surface area contributed by atoms with Crippen LogP contribution in [0.4, 0.5) is 0 Å². The smallest absolute Gasteiger partial charge is 0.127 e. The third-order valence-corrected chi connectivity index (χ3v) is 4.92. The molecular weight excluding hydrogens is 324 g/mol. The summed E-state index contributed by atoms with van der Waals surface area (Å²) in [5, 5.41) is 20.1. The van der Waals surface area contributed by atoms with Crippen molar-refractivity contribution in [1.29, 1.82) is 0 Å². The lowest BCUT2D eigenvalue weighted by Crippen LogP contribution is -2.27. The maximum absolute atomic E-state index is 10.3. The summed E-state index contributed by atoms with van der Waals surface area (Å²) >= 11 is 0. The van der Waals surface area contributed by atoms with Crippen LogP contribution in [-0.4, -0.2) is 34.7 Å². The highest BCUT2D eigenvalue weighted by Crippen LogP contribution is 2.26. The molecule has 4 nitrogen and oxygen atoms in total. The zero-order valence-corrected chi connectivity index (χ0v) is 15.4. The van der Waals surface area contributed by atoms with Crippen molar-refractivity contribution >= 4 is 12.4 Å². The Morgan fingerprint density at radius 1 is 0.885 bits per heavy atom. The molecule has 0 radical (unpaired) electrons. The van der Waals surface area contributed by atoms with Crippen LogP contribution >= 0.6 is 0 Å². The second-order valence-electron chi connectivity index (χ2n) is 7.05. The number of nitrogens with zero attached hydrogens (tertiary/aromatic N) is 2. The molecule has 1 saturated carbocycles. The van der Waals surface area contributed by atoms with Crippen molar-refractivity contribution in [3.63, 3.8) is 0 Å². The van der Waals surface area contributed by atoms with E-state index in [2.05, 4.69) is 0 Å². The molecule has 2 N–H and O–H groups in total. The van der Waals surface area contributed by atoms with Crippen LogP contribution in [0.15, 0.2) is 46.4 Å². The van der Waals surface area contributed by atoms with Gasteiger partial charge in [-0.15, -0.1) is 0 Å². The number of rotatable bonds is 4. The molecule has 136 valence electrons. The maximum Gasteiger partial charge on any atom is 0.127 e. The molecule has 2 aromatic carbocycles. The summed E-state index contributed by atoms with van der Waals surface area (Å²) in [6.07, 6.45) is 7.80. The Morgan fingerprint density at radius 3 is 2.15 bits per heavy atom. The summed E-state index contributed by atoms with van der Waals surface area (Å²) in [5.41, 5.74) is 3.47. The second kappa shape index (κ2) is 8.17. The Hall–Kier alpha value is -2.62. The normalized spacial score (nSPS) is 20.8. The topological polar surface area (TPSA) is 65.2 Å². The van der Waals surface area contributed by atoms with Crippen molar-refractivity contribution in [1.82, 2.24) is 0 Å². The maximum atomic E-state index is 10.3. The predicted molar refractivity (Wildman–Crippen MR) is 107 cm³/mol. The largest absolute Gasteiger partial charge is 0.507 e. The number of aryl methyl sites for hydroxylation is 2. The molecule has 0 saturated heterocycles. The van der Waals surface area contributed by atoms with E-state index < -0.39 is 0 Å². The molecule has 2 unspecified atom stereocenters. The highest BCUT2D eigenvalue weighted by molar-refractivity contribution is 5.85. The number of aliphatic imine (C=N–C) groups is 2.